The van der Waals surface area contributed by atoms with E-state index in [9.17, 15) is 14.9 Å². The van der Waals surface area contributed by atoms with Crippen molar-refractivity contribution in [2.75, 3.05) is 26.8 Å². The molecule has 0 aliphatic rings. The molecule has 0 fully saturated rings. The second-order valence-electron chi connectivity index (χ2n) is 4.11. The Morgan fingerprint density at radius 3 is 2.81 bits per heavy atom. The molecule has 0 saturated carbocycles. The number of ether oxygens (including phenoxy) is 1. The molecular weight excluding hydrogens is 298 g/mol. The Balaban J connectivity index is 3.09. The van der Waals surface area contributed by atoms with Crippen LogP contribution in [0.1, 0.15) is 16.8 Å². The third-order valence-corrected chi connectivity index (χ3v) is 2.97. The van der Waals surface area contributed by atoms with Gasteiger partial charge in [-0.15, -0.1) is 0 Å². The SMILES string of the molecule is COCCN(CCC#N)C(=O)c1cc(Cl)ccc1[N+](=O)[O-]. The van der Waals surface area contributed by atoms with Crippen LogP contribution in [-0.4, -0.2) is 42.5 Å². The molecule has 7 nitrogen and oxygen atoms in total. The van der Waals surface area contributed by atoms with Gasteiger partial charge in [-0.3, -0.25) is 14.9 Å². The van der Waals surface area contributed by atoms with Gasteiger partial charge in [-0.1, -0.05) is 11.6 Å². The van der Waals surface area contributed by atoms with E-state index < -0.39 is 10.8 Å². The third kappa shape index (κ3) is 4.70. The Labute approximate surface area is 126 Å². The molecule has 8 heteroatoms. The number of halogens is 1. The summed E-state index contributed by atoms with van der Waals surface area (Å²) in [7, 11) is 1.48. The van der Waals surface area contributed by atoms with E-state index in [-0.39, 0.29) is 42.4 Å². The van der Waals surface area contributed by atoms with Gasteiger partial charge in [0, 0.05) is 31.3 Å². The van der Waals surface area contributed by atoms with Crippen molar-refractivity contribution in [1.29, 1.82) is 5.26 Å². The summed E-state index contributed by atoms with van der Waals surface area (Å²) in [5.41, 5.74) is -0.412. The molecule has 0 unspecified atom stereocenters. The van der Waals surface area contributed by atoms with E-state index in [0.717, 1.165) is 0 Å². The number of nitro groups is 1. The molecule has 1 aromatic rings. The second-order valence-corrected chi connectivity index (χ2v) is 4.55. The van der Waals surface area contributed by atoms with Gasteiger partial charge in [0.05, 0.1) is 24.0 Å². The first-order chi connectivity index (χ1) is 10.0. The summed E-state index contributed by atoms with van der Waals surface area (Å²) in [5.74, 6) is -0.545. The number of methoxy groups -OCH3 is 1. The molecule has 0 aliphatic heterocycles. The van der Waals surface area contributed by atoms with E-state index in [4.69, 9.17) is 21.6 Å². The van der Waals surface area contributed by atoms with Crippen LogP contribution in [0.15, 0.2) is 18.2 Å². The number of amides is 1. The van der Waals surface area contributed by atoms with Gasteiger partial charge in [0.2, 0.25) is 0 Å². The predicted molar refractivity (Wildman–Crippen MR) is 76.1 cm³/mol. The number of nitriles is 1. The van der Waals surface area contributed by atoms with E-state index >= 15 is 0 Å². The molecule has 0 saturated heterocycles. The second kappa shape index (κ2) is 8.19. The van der Waals surface area contributed by atoms with Gasteiger partial charge in [-0.25, -0.2) is 0 Å². The highest BCUT2D eigenvalue weighted by Crippen LogP contribution is 2.24. The van der Waals surface area contributed by atoms with Gasteiger partial charge < -0.3 is 9.64 Å². The monoisotopic (exact) mass is 311 g/mol. The highest BCUT2D eigenvalue weighted by atomic mass is 35.5. The van der Waals surface area contributed by atoms with Crippen molar-refractivity contribution in [3.05, 3.63) is 38.9 Å². The summed E-state index contributed by atoms with van der Waals surface area (Å²) >= 11 is 5.81. The van der Waals surface area contributed by atoms with Crippen molar-refractivity contribution >= 4 is 23.2 Å². The van der Waals surface area contributed by atoms with Gasteiger partial charge in [0.1, 0.15) is 5.56 Å². The zero-order valence-corrected chi connectivity index (χ0v) is 12.2. The number of nitrogens with zero attached hydrogens (tertiary/aromatic N) is 3. The molecular formula is C13H14ClN3O4. The van der Waals surface area contributed by atoms with Crippen LogP contribution in [-0.2, 0) is 4.74 Å². The van der Waals surface area contributed by atoms with E-state index in [0.29, 0.717) is 0 Å². The van der Waals surface area contributed by atoms with Crippen LogP contribution in [0.4, 0.5) is 5.69 Å². The first-order valence-electron chi connectivity index (χ1n) is 6.10. The van der Waals surface area contributed by atoms with Crippen LogP contribution in [0.5, 0.6) is 0 Å². The Morgan fingerprint density at radius 2 is 2.24 bits per heavy atom. The van der Waals surface area contributed by atoms with Gasteiger partial charge in [0.15, 0.2) is 0 Å². The van der Waals surface area contributed by atoms with Crippen LogP contribution in [0, 0.1) is 21.4 Å². The van der Waals surface area contributed by atoms with Crippen LogP contribution >= 0.6 is 11.6 Å². The van der Waals surface area contributed by atoms with Gasteiger partial charge in [-0.05, 0) is 12.1 Å². The molecule has 0 radical (unpaired) electrons. The molecule has 1 amide bonds. The first kappa shape index (κ1) is 16.9. The molecule has 0 aliphatic carbocycles. The fourth-order valence-corrected chi connectivity index (χ4v) is 1.88. The summed E-state index contributed by atoms with van der Waals surface area (Å²) in [6, 6.07) is 5.73. The lowest BCUT2D eigenvalue weighted by Gasteiger charge is -2.21. The van der Waals surface area contributed by atoms with Crippen LogP contribution in [0.25, 0.3) is 0 Å². The number of carbonyl (C=O) groups is 1. The predicted octanol–water partition coefficient (Wildman–Crippen LogP) is 2.25. The number of rotatable bonds is 7. The number of hydrogen-bond acceptors (Lipinski definition) is 5. The van der Waals surface area contributed by atoms with Crippen molar-refractivity contribution in [3.63, 3.8) is 0 Å². The molecule has 0 heterocycles. The highest BCUT2D eigenvalue weighted by molar-refractivity contribution is 6.31. The summed E-state index contributed by atoms with van der Waals surface area (Å²) in [6.45, 7) is 0.675. The maximum atomic E-state index is 12.4. The quantitative estimate of drug-likeness (QED) is 0.568. The largest absolute Gasteiger partial charge is 0.383 e. The Bertz CT molecular complexity index is 571. The lowest BCUT2D eigenvalue weighted by Crippen LogP contribution is -2.35. The van der Waals surface area contributed by atoms with E-state index in [1.807, 2.05) is 6.07 Å². The minimum Gasteiger partial charge on any atom is -0.383 e. The minimum atomic E-state index is -0.637. The summed E-state index contributed by atoms with van der Waals surface area (Å²) < 4.78 is 4.90. The maximum Gasteiger partial charge on any atom is 0.282 e. The third-order valence-electron chi connectivity index (χ3n) is 2.73. The molecule has 0 atom stereocenters. The number of carbonyl (C=O) groups excluding carboxylic acids is 1. The zero-order chi connectivity index (χ0) is 15.8. The molecule has 21 heavy (non-hydrogen) atoms. The average molecular weight is 312 g/mol. The van der Waals surface area contributed by atoms with Crippen molar-refractivity contribution < 1.29 is 14.5 Å². The van der Waals surface area contributed by atoms with E-state index in [1.165, 1.54) is 30.2 Å². The molecule has 1 aromatic carbocycles. The molecule has 0 aromatic heterocycles. The Hall–Kier alpha value is -2.17. The maximum absolute atomic E-state index is 12.4. The van der Waals surface area contributed by atoms with Crippen LogP contribution in [0.2, 0.25) is 5.02 Å². The fraction of sp³-hybridized carbons (Fsp3) is 0.385. The lowest BCUT2D eigenvalue weighted by molar-refractivity contribution is -0.385. The van der Waals surface area contributed by atoms with Crippen molar-refractivity contribution in [1.82, 2.24) is 4.90 Å². The smallest absolute Gasteiger partial charge is 0.282 e. The summed E-state index contributed by atoms with van der Waals surface area (Å²) in [4.78, 5) is 24.1. The van der Waals surface area contributed by atoms with Gasteiger partial charge in [-0.2, -0.15) is 5.26 Å². The van der Waals surface area contributed by atoms with Crippen molar-refractivity contribution in [3.8, 4) is 6.07 Å². The van der Waals surface area contributed by atoms with E-state index in [2.05, 4.69) is 0 Å². The van der Waals surface area contributed by atoms with Crippen LogP contribution < -0.4 is 0 Å². The number of nitro benzene ring substituents is 1. The molecule has 1 rings (SSSR count). The minimum absolute atomic E-state index is 0.0958. The topological polar surface area (TPSA) is 96.5 Å². The first-order valence-corrected chi connectivity index (χ1v) is 6.48. The standard InChI is InChI=1S/C13H14ClN3O4/c1-21-8-7-16(6-2-5-15)13(18)11-9-10(14)3-4-12(11)17(19)20/h3-4,9H,2,6-8H2,1H3. The molecule has 0 bridgehead atoms. The average Bonchev–Trinajstić information content (AvgIpc) is 2.46. The summed E-state index contributed by atoms with van der Waals surface area (Å²) in [6.07, 6.45) is 0.129. The Kier molecular flexibility index (Phi) is 6.59. The van der Waals surface area contributed by atoms with Crippen molar-refractivity contribution in [2.24, 2.45) is 0 Å². The summed E-state index contributed by atoms with van der Waals surface area (Å²) in [5, 5.41) is 19.9. The molecule has 0 N–H and O–H groups in total. The number of benzene rings is 1. The van der Waals surface area contributed by atoms with Crippen molar-refractivity contribution in [2.45, 2.75) is 6.42 Å². The van der Waals surface area contributed by atoms with Gasteiger partial charge >= 0.3 is 0 Å². The Morgan fingerprint density at radius 1 is 1.52 bits per heavy atom. The zero-order valence-electron chi connectivity index (χ0n) is 11.4. The normalized spacial score (nSPS) is 9.95. The number of hydrogen-bond donors (Lipinski definition) is 0. The molecule has 112 valence electrons. The van der Waals surface area contributed by atoms with E-state index in [1.54, 1.807) is 0 Å². The van der Waals surface area contributed by atoms with Gasteiger partial charge in [0.25, 0.3) is 11.6 Å². The highest BCUT2D eigenvalue weighted by Gasteiger charge is 2.24. The van der Waals surface area contributed by atoms with Crippen LogP contribution in [0.3, 0.4) is 0 Å². The fourth-order valence-electron chi connectivity index (χ4n) is 1.71. The lowest BCUT2D eigenvalue weighted by atomic mass is 10.1. The molecule has 0 spiro atoms.